The summed E-state index contributed by atoms with van der Waals surface area (Å²) in [6, 6.07) is 0. The number of fused-ring (bicyclic) bond motifs is 4. The Hall–Kier alpha value is -0.970. The number of carbonyl (C=O) groups excluding carboxylic acids is 1. The number of ether oxygens (including phenoxy) is 2. The highest BCUT2D eigenvalue weighted by atomic mass is 16.6. The standard InChI is InChI=1S/C20H28O4/c1-11-13-10-14(21)12(2)18(11,3)8-9-19(4)15(23-19)6-7-20(5)17(24-20)16(13)22/h10,12,14-15,17,21H,1,6-9H2,2-5H3/t12-,14+,15+,17-,18-,19+,20-/m1/s1. The summed E-state index contributed by atoms with van der Waals surface area (Å²) in [5.74, 6) is 0.0107. The Kier molecular flexibility index (Phi) is 3.30. The van der Waals surface area contributed by atoms with Crippen molar-refractivity contribution in [2.24, 2.45) is 11.3 Å². The molecule has 2 aliphatic carbocycles. The van der Waals surface area contributed by atoms with Gasteiger partial charge in [-0.15, -0.1) is 0 Å². The Morgan fingerprint density at radius 3 is 2.58 bits per heavy atom. The fourth-order valence-corrected chi connectivity index (χ4v) is 4.68. The third-order valence-corrected chi connectivity index (χ3v) is 7.34. The van der Waals surface area contributed by atoms with Crippen molar-refractivity contribution in [1.82, 2.24) is 0 Å². The number of aliphatic hydroxyl groups excluding tert-OH is 1. The van der Waals surface area contributed by atoms with E-state index >= 15 is 0 Å². The maximum Gasteiger partial charge on any atom is 0.194 e. The molecule has 0 radical (unpaired) electrons. The van der Waals surface area contributed by atoms with E-state index < -0.39 is 17.8 Å². The van der Waals surface area contributed by atoms with Crippen molar-refractivity contribution in [1.29, 1.82) is 0 Å². The van der Waals surface area contributed by atoms with Crippen LogP contribution in [0.5, 0.6) is 0 Å². The van der Waals surface area contributed by atoms with E-state index in [1.807, 2.05) is 13.8 Å². The minimum absolute atomic E-state index is 0.0141. The van der Waals surface area contributed by atoms with Crippen molar-refractivity contribution >= 4 is 5.78 Å². The van der Waals surface area contributed by atoms with Gasteiger partial charge in [0, 0.05) is 5.57 Å². The highest BCUT2D eigenvalue weighted by Gasteiger charge is 2.61. The van der Waals surface area contributed by atoms with Crippen molar-refractivity contribution < 1.29 is 19.4 Å². The summed E-state index contributed by atoms with van der Waals surface area (Å²) >= 11 is 0. The average molecular weight is 332 g/mol. The number of allylic oxidation sites excluding steroid dienone is 1. The summed E-state index contributed by atoms with van der Waals surface area (Å²) in [4.78, 5) is 13.0. The summed E-state index contributed by atoms with van der Waals surface area (Å²) in [6.07, 6.45) is 4.47. The molecule has 1 saturated carbocycles. The van der Waals surface area contributed by atoms with Crippen LogP contribution in [0.4, 0.5) is 0 Å². The normalized spacial score (nSPS) is 54.0. The average Bonchev–Trinajstić information content (AvgIpc) is 3.40. The molecule has 4 rings (SSSR count). The number of epoxide rings is 2. The van der Waals surface area contributed by atoms with Gasteiger partial charge in [-0.05, 0) is 62.5 Å². The van der Waals surface area contributed by atoms with Gasteiger partial charge in [0.1, 0.15) is 11.7 Å². The van der Waals surface area contributed by atoms with E-state index in [9.17, 15) is 9.90 Å². The Balaban J connectivity index is 1.73. The Morgan fingerprint density at radius 1 is 1.17 bits per heavy atom. The molecule has 0 amide bonds. The molecule has 0 aromatic rings. The van der Waals surface area contributed by atoms with Crippen LogP contribution in [0, 0.1) is 11.3 Å². The zero-order valence-electron chi connectivity index (χ0n) is 15.1. The van der Waals surface area contributed by atoms with Crippen molar-refractivity contribution in [2.45, 2.75) is 82.9 Å². The number of hydrogen-bond acceptors (Lipinski definition) is 4. The smallest absolute Gasteiger partial charge is 0.194 e. The molecule has 4 heteroatoms. The van der Waals surface area contributed by atoms with Gasteiger partial charge in [0.25, 0.3) is 0 Å². The molecule has 2 heterocycles. The highest BCUT2D eigenvalue weighted by molar-refractivity contribution is 6.05. The van der Waals surface area contributed by atoms with Gasteiger partial charge in [-0.2, -0.15) is 0 Å². The van der Waals surface area contributed by atoms with Gasteiger partial charge in [-0.1, -0.05) is 20.4 Å². The summed E-state index contributed by atoms with van der Waals surface area (Å²) < 4.78 is 11.8. The predicted molar refractivity (Wildman–Crippen MR) is 90.5 cm³/mol. The first-order valence-electron chi connectivity index (χ1n) is 9.10. The molecule has 0 aromatic carbocycles. The second kappa shape index (κ2) is 4.80. The zero-order chi connectivity index (χ0) is 17.5. The number of rotatable bonds is 0. The largest absolute Gasteiger partial charge is 0.389 e. The van der Waals surface area contributed by atoms with Crippen molar-refractivity contribution in [3.8, 4) is 0 Å². The molecule has 3 fully saturated rings. The van der Waals surface area contributed by atoms with Crippen LogP contribution in [-0.2, 0) is 14.3 Å². The van der Waals surface area contributed by atoms with E-state index in [2.05, 4.69) is 20.4 Å². The minimum Gasteiger partial charge on any atom is -0.389 e. The van der Waals surface area contributed by atoms with Gasteiger partial charge < -0.3 is 14.6 Å². The maximum atomic E-state index is 13.0. The second-order valence-electron chi connectivity index (χ2n) is 8.89. The molecule has 0 spiro atoms. The topological polar surface area (TPSA) is 62.4 Å². The van der Waals surface area contributed by atoms with E-state index in [4.69, 9.17) is 9.47 Å². The summed E-state index contributed by atoms with van der Waals surface area (Å²) in [5.41, 5.74) is 0.650. The first-order valence-corrected chi connectivity index (χ1v) is 9.10. The van der Waals surface area contributed by atoms with Crippen LogP contribution >= 0.6 is 0 Å². The Morgan fingerprint density at radius 2 is 1.88 bits per heavy atom. The van der Waals surface area contributed by atoms with Crippen LogP contribution in [0.15, 0.2) is 23.8 Å². The number of ketones is 1. The Bertz CT molecular complexity index is 652. The van der Waals surface area contributed by atoms with Crippen molar-refractivity contribution in [3.05, 3.63) is 23.8 Å². The summed E-state index contributed by atoms with van der Waals surface area (Å²) in [7, 11) is 0. The fraction of sp³-hybridized carbons (Fsp3) is 0.750. The van der Waals surface area contributed by atoms with Crippen LogP contribution in [0.25, 0.3) is 0 Å². The number of carbonyl (C=O) groups is 1. The van der Waals surface area contributed by atoms with Crippen molar-refractivity contribution in [2.75, 3.05) is 0 Å². The molecule has 1 N–H and O–H groups in total. The van der Waals surface area contributed by atoms with Gasteiger partial charge in [0.15, 0.2) is 5.78 Å². The highest BCUT2D eigenvalue weighted by Crippen LogP contribution is 2.55. The van der Waals surface area contributed by atoms with Gasteiger partial charge in [-0.25, -0.2) is 0 Å². The molecule has 132 valence electrons. The molecular formula is C20H28O4. The van der Waals surface area contributed by atoms with Crippen LogP contribution in [-0.4, -0.2) is 40.4 Å². The van der Waals surface area contributed by atoms with Gasteiger partial charge in [-0.3, -0.25) is 4.79 Å². The fourth-order valence-electron chi connectivity index (χ4n) is 4.68. The Labute approximate surface area is 143 Å². The van der Waals surface area contributed by atoms with E-state index in [1.54, 1.807) is 6.08 Å². The monoisotopic (exact) mass is 332 g/mol. The number of aliphatic hydroxyl groups is 1. The predicted octanol–water partition coefficient (Wildman–Crippen LogP) is 2.94. The first kappa shape index (κ1) is 16.5. The second-order valence-corrected chi connectivity index (χ2v) is 8.89. The molecule has 7 atom stereocenters. The molecule has 2 bridgehead atoms. The maximum absolute atomic E-state index is 13.0. The van der Waals surface area contributed by atoms with E-state index in [-0.39, 0.29) is 28.8 Å². The lowest BCUT2D eigenvalue weighted by Gasteiger charge is -2.44. The van der Waals surface area contributed by atoms with Gasteiger partial charge >= 0.3 is 0 Å². The molecule has 0 aromatic heterocycles. The van der Waals surface area contributed by atoms with Crippen LogP contribution < -0.4 is 0 Å². The lowest BCUT2D eigenvalue weighted by molar-refractivity contribution is -0.117. The van der Waals surface area contributed by atoms with Crippen LogP contribution in [0.1, 0.15) is 53.4 Å². The van der Waals surface area contributed by atoms with Gasteiger partial charge in [0.2, 0.25) is 0 Å². The number of Topliss-reactive ketones (excluding diaryl/α,β-unsaturated/α-hetero) is 1. The summed E-state index contributed by atoms with van der Waals surface area (Å²) in [6.45, 7) is 12.6. The molecule has 4 aliphatic rings. The molecular weight excluding hydrogens is 304 g/mol. The lowest BCUT2D eigenvalue weighted by Crippen LogP contribution is -2.42. The molecule has 0 unspecified atom stereocenters. The first-order chi connectivity index (χ1) is 11.1. The number of hydrogen-bond donors (Lipinski definition) is 1. The molecule has 2 aliphatic heterocycles. The van der Waals surface area contributed by atoms with Crippen LogP contribution in [0.2, 0.25) is 0 Å². The SMILES string of the molecule is C=C1C2=C[C@H](O)[C@@H](C)[C@]1(C)CC[C@]1(C)O[C@H]1CC[C@@]1(C)O[C@@H]1C2=O. The zero-order valence-corrected chi connectivity index (χ0v) is 15.1. The van der Waals surface area contributed by atoms with Crippen LogP contribution in [0.3, 0.4) is 0 Å². The summed E-state index contributed by atoms with van der Waals surface area (Å²) in [5, 5.41) is 10.6. The minimum atomic E-state index is -0.629. The third kappa shape index (κ3) is 2.19. The van der Waals surface area contributed by atoms with E-state index in [1.165, 1.54) is 0 Å². The van der Waals surface area contributed by atoms with Crippen molar-refractivity contribution in [3.63, 3.8) is 0 Å². The molecule has 24 heavy (non-hydrogen) atoms. The van der Waals surface area contributed by atoms with Gasteiger partial charge in [0.05, 0.1) is 17.8 Å². The third-order valence-electron chi connectivity index (χ3n) is 7.34. The quantitative estimate of drug-likeness (QED) is 0.693. The lowest BCUT2D eigenvalue weighted by atomic mass is 9.61. The van der Waals surface area contributed by atoms with E-state index in [0.717, 1.165) is 31.3 Å². The van der Waals surface area contributed by atoms with E-state index in [0.29, 0.717) is 5.57 Å². The molecule has 4 nitrogen and oxygen atoms in total. The molecule has 2 saturated heterocycles.